The minimum absolute atomic E-state index is 0.206. The molecule has 2 N–H and O–H groups in total. The van der Waals surface area contributed by atoms with Gasteiger partial charge in [0.05, 0.1) is 0 Å². The van der Waals surface area contributed by atoms with Crippen LogP contribution in [0.5, 0.6) is 5.75 Å². The summed E-state index contributed by atoms with van der Waals surface area (Å²) in [6, 6.07) is 9.81. The average Bonchev–Trinajstić information content (AvgIpc) is 2.40. The summed E-state index contributed by atoms with van der Waals surface area (Å²) in [6.07, 6.45) is 0.813. The molecule has 4 heteroatoms. The van der Waals surface area contributed by atoms with Crippen molar-refractivity contribution in [1.82, 2.24) is 5.32 Å². The molecule has 106 valence electrons. The summed E-state index contributed by atoms with van der Waals surface area (Å²) >= 11 is 5.89. The van der Waals surface area contributed by atoms with Gasteiger partial charge in [-0.3, -0.25) is 0 Å². The third kappa shape index (κ3) is 3.95. The topological polar surface area (TPSA) is 32.3 Å². The quantitative estimate of drug-likeness (QED) is 0.821. The smallest absolute Gasteiger partial charge is 0.123 e. The molecule has 2 aromatic carbocycles. The molecule has 0 heterocycles. The Labute approximate surface area is 123 Å². The van der Waals surface area contributed by atoms with Gasteiger partial charge in [0.25, 0.3) is 0 Å². The summed E-state index contributed by atoms with van der Waals surface area (Å²) in [7, 11) is 0. The van der Waals surface area contributed by atoms with Crippen LogP contribution in [0.2, 0.25) is 5.02 Å². The number of phenols is 1. The number of benzene rings is 2. The Hall–Kier alpha value is -1.58. The van der Waals surface area contributed by atoms with Crippen LogP contribution in [0.3, 0.4) is 0 Å². The van der Waals surface area contributed by atoms with E-state index in [-0.39, 0.29) is 11.6 Å². The monoisotopic (exact) mass is 293 g/mol. The van der Waals surface area contributed by atoms with Crippen molar-refractivity contribution in [2.45, 2.75) is 19.9 Å². The predicted octanol–water partition coefficient (Wildman–Crippen LogP) is 3.83. The van der Waals surface area contributed by atoms with Crippen LogP contribution in [0.4, 0.5) is 4.39 Å². The molecule has 2 nitrogen and oxygen atoms in total. The van der Waals surface area contributed by atoms with E-state index in [1.807, 2.05) is 13.0 Å². The van der Waals surface area contributed by atoms with Crippen LogP contribution < -0.4 is 5.32 Å². The van der Waals surface area contributed by atoms with Gasteiger partial charge in [0.2, 0.25) is 0 Å². The maximum Gasteiger partial charge on any atom is 0.123 e. The Morgan fingerprint density at radius 3 is 2.70 bits per heavy atom. The van der Waals surface area contributed by atoms with Gasteiger partial charge in [-0.25, -0.2) is 4.39 Å². The van der Waals surface area contributed by atoms with Crippen LogP contribution in [-0.2, 0) is 13.0 Å². The van der Waals surface area contributed by atoms with Crippen molar-refractivity contribution in [3.63, 3.8) is 0 Å². The third-order valence-electron chi connectivity index (χ3n) is 3.23. The van der Waals surface area contributed by atoms with E-state index in [4.69, 9.17) is 11.6 Å². The molecule has 0 aliphatic heterocycles. The first-order valence-electron chi connectivity index (χ1n) is 6.49. The van der Waals surface area contributed by atoms with Gasteiger partial charge in [0.15, 0.2) is 0 Å². The van der Waals surface area contributed by atoms with Gasteiger partial charge >= 0.3 is 0 Å². The first-order valence-corrected chi connectivity index (χ1v) is 6.87. The molecule has 0 aliphatic rings. The number of aromatic hydroxyl groups is 1. The number of hydrogen-bond acceptors (Lipinski definition) is 2. The molecule has 0 saturated heterocycles. The van der Waals surface area contributed by atoms with E-state index in [9.17, 15) is 9.50 Å². The summed E-state index contributed by atoms with van der Waals surface area (Å²) in [5.41, 5.74) is 2.85. The number of phenolic OH excluding ortho intramolecular Hbond substituents is 1. The number of rotatable bonds is 5. The van der Waals surface area contributed by atoms with Crippen molar-refractivity contribution in [3.8, 4) is 5.75 Å². The normalized spacial score (nSPS) is 10.8. The fourth-order valence-corrected chi connectivity index (χ4v) is 2.28. The molecule has 0 bridgehead atoms. The van der Waals surface area contributed by atoms with Crippen LogP contribution in [-0.4, -0.2) is 11.7 Å². The second kappa shape index (κ2) is 6.73. The second-order valence-electron chi connectivity index (χ2n) is 4.77. The standard InChI is InChI=1S/C16H17ClFNO/c1-11-8-15(18)4-2-12(11)6-7-19-10-13-9-14(17)3-5-16(13)20/h2-5,8-9,19-20H,6-7,10H2,1H3. The SMILES string of the molecule is Cc1cc(F)ccc1CCNCc1cc(Cl)ccc1O. The van der Waals surface area contributed by atoms with E-state index in [0.29, 0.717) is 11.6 Å². The number of nitrogens with one attached hydrogen (secondary N) is 1. The molecule has 0 unspecified atom stereocenters. The van der Waals surface area contributed by atoms with E-state index in [1.165, 1.54) is 12.1 Å². The Kier molecular flexibility index (Phi) is 4.99. The molecular formula is C16H17ClFNO. The highest BCUT2D eigenvalue weighted by Gasteiger charge is 2.03. The summed E-state index contributed by atoms with van der Waals surface area (Å²) in [4.78, 5) is 0. The van der Waals surface area contributed by atoms with Crippen molar-refractivity contribution in [2.24, 2.45) is 0 Å². The van der Waals surface area contributed by atoms with Crippen molar-refractivity contribution in [2.75, 3.05) is 6.54 Å². The van der Waals surface area contributed by atoms with Crippen LogP contribution >= 0.6 is 11.6 Å². The van der Waals surface area contributed by atoms with E-state index in [0.717, 1.165) is 29.7 Å². The highest BCUT2D eigenvalue weighted by molar-refractivity contribution is 6.30. The first kappa shape index (κ1) is 14.8. The van der Waals surface area contributed by atoms with E-state index >= 15 is 0 Å². The fraction of sp³-hybridized carbons (Fsp3) is 0.250. The maximum atomic E-state index is 13.0. The van der Waals surface area contributed by atoms with Crippen LogP contribution in [0.15, 0.2) is 36.4 Å². The number of hydrogen-bond donors (Lipinski definition) is 2. The van der Waals surface area contributed by atoms with Crippen LogP contribution in [0.1, 0.15) is 16.7 Å². The minimum atomic E-state index is -0.206. The zero-order valence-corrected chi connectivity index (χ0v) is 12.0. The van der Waals surface area contributed by atoms with Gasteiger partial charge in [-0.2, -0.15) is 0 Å². The zero-order chi connectivity index (χ0) is 14.5. The molecular weight excluding hydrogens is 277 g/mol. The van der Waals surface area contributed by atoms with Crippen molar-refractivity contribution in [3.05, 3.63) is 63.9 Å². The summed E-state index contributed by atoms with van der Waals surface area (Å²) in [5, 5.41) is 13.5. The average molecular weight is 294 g/mol. The molecule has 20 heavy (non-hydrogen) atoms. The second-order valence-corrected chi connectivity index (χ2v) is 5.21. The lowest BCUT2D eigenvalue weighted by molar-refractivity contribution is 0.464. The molecule has 0 aromatic heterocycles. The molecule has 0 saturated carbocycles. The molecule has 0 atom stereocenters. The van der Waals surface area contributed by atoms with Crippen LogP contribution in [0, 0.1) is 12.7 Å². The van der Waals surface area contributed by atoms with Crippen molar-refractivity contribution < 1.29 is 9.50 Å². The molecule has 0 radical (unpaired) electrons. The lowest BCUT2D eigenvalue weighted by Gasteiger charge is -2.09. The van der Waals surface area contributed by atoms with E-state index < -0.39 is 0 Å². The molecule has 0 spiro atoms. The minimum Gasteiger partial charge on any atom is -0.508 e. The lowest BCUT2D eigenvalue weighted by Crippen LogP contribution is -2.17. The Morgan fingerprint density at radius 2 is 1.95 bits per heavy atom. The Bertz CT molecular complexity index is 601. The third-order valence-corrected chi connectivity index (χ3v) is 3.47. The fourth-order valence-electron chi connectivity index (χ4n) is 2.08. The molecule has 2 aromatic rings. The largest absolute Gasteiger partial charge is 0.508 e. The summed E-state index contributed by atoms with van der Waals surface area (Å²) < 4.78 is 13.0. The van der Waals surface area contributed by atoms with Gasteiger partial charge < -0.3 is 10.4 Å². The van der Waals surface area contributed by atoms with E-state index in [2.05, 4.69) is 5.32 Å². The zero-order valence-electron chi connectivity index (χ0n) is 11.3. The molecule has 0 aliphatic carbocycles. The van der Waals surface area contributed by atoms with Gasteiger partial charge in [-0.1, -0.05) is 17.7 Å². The highest BCUT2D eigenvalue weighted by Crippen LogP contribution is 2.21. The molecule has 0 amide bonds. The maximum absolute atomic E-state index is 13.0. The highest BCUT2D eigenvalue weighted by atomic mass is 35.5. The van der Waals surface area contributed by atoms with Gasteiger partial charge in [0, 0.05) is 17.1 Å². The van der Waals surface area contributed by atoms with Crippen LogP contribution in [0.25, 0.3) is 0 Å². The predicted molar refractivity (Wildman–Crippen MR) is 79.7 cm³/mol. The van der Waals surface area contributed by atoms with Crippen molar-refractivity contribution >= 4 is 11.6 Å². The number of halogens is 2. The van der Waals surface area contributed by atoms with E-state index in [1.54, 1.807) is 18.2 Å². The lowest BCUT2D eigenvalue weighted by atomic mass is 10.1. The van der Waals surface area contributed by atoms with Gasteiger partial charge in [-0.05, 0) is 61.3 Å². The van der Waals surface area contributed by atoms with Gasteiger partial charge in [0.1, 0.15) is 11.6 Å². The summed E-state index contributed by atoms with van der Waals surface area (Å²) in [5.74, 6) is 0.0305. The first-order chi connectivity index (χ1) is 9.56. The van der Waals surface area contributed by atoms with Gasteiger partial charge in [-0.15, -0.1) is 0 Å². The Balaban J connectivity index is 1.86. The Morgan fingerprint density at radius 1 is 1.15 bits per heavy atom. The molecule has 0 fully saturated rings. The molecule has 2 rings (SSSR count). The summed E-state index contributed by atoms with van der Waals surface area (Å²) in [6.45, 7) is 3.20. The van der Waals surface area contributed by atoms with Crippen molar-refractivity contribution in [1.29, 1.82) is 0 Å². The number of aryl methyl sites for hydroxylation is 1.